The molecule has 0 spiro atoms. The second-order valence-electron chi connectivity index (χ2n) is 6.07. The summed E-state index contributed by atoms with van der Waals surface area (Å²) in [5.41, 5.74) is 0.402. The van der Waals surface area contributed by atoms with Gasteiger partial charge in [0, 0.05) is 17.3 Å². The largest absolute Gasteiger partial charge is 0.452 e. The number of esters is 1. The Balaban J connectivity index is 2.11. The number of benzene rings is 2. The third-order valence-electron chi connectivity index (χ3n) is 3.94. The second-order valence-corrected chi connectivity index (χ2v) is 8.27. The number of anilines is 1. The van der Waals surface area contributed by atoms with Crippen molar-refractivity contribution < 1.29 is 22.7 Å². The Hall–Kier alpha value is -3.37. The molecule has 0 aliphatic carbocycles. The number of ether oxygens (including phenoxy) is 1. The average Bonchev–Trinajstić information content (AvgIpc) is 2.76. The first kappa shape index (κ1) is 23.9. The standard InChI is InChI=1S/C21H18ClN3O5S/c1-2-11-24-31(28,29)19-9-3-6-16(13-19)21(27)30-15-20(26)25(12-5-10-23)18-8-4-7-17(22)14-18/h1,3-4,6-9,13-14,24H,5,11-12,15H2. The van der Waals surface area contributed by atoms with Gasteiger partial charge in [-0.3, -0.25) is 4.79 Å². The summed E-state index contributed by atoms with van der Waals surface area (Å²) < 4.78 is 31.5. The summed E-state index contributed by atoms with van der Waals surface area (Å²) in [6, 6.07) is 13.6. The zero-order valence-electron chi connectivity index (χ0n) is 16.2. The Morgan fingerprint density at radius 2 is 1.94 bits per heavy atom. The number of carbonyl (C=O) groups excluding carboxylic acids is 2. The first-order valence-electron chi connectivity index (χ1n) is 8.91. The lowest BCUT2D eigenvalue weighted by Crippen LogP contribution is -2.35. The quantitative estimate of drug-likeness (QED) is 0.454. The van der Waals surface area contributed by atoms with Gasteiger partial charge in [-0.2, -0.15) is 9.98 Å². The highest BCUT2D eigenvalue weighted by Gasteiger charge is 2.20. The molecule has 0 unspecified atom stereocenters. The molecule has 0 saturated heterocycles. The van der Waals surface area contributed by atoms with E-state index in [-0.39, 0.29) is 30.0 Å². The average molecular weight is 460 g/mol. The zero-order valence-corrected chi connectivity index (χ0v) is 17.8. The van der Waals surface area contributed by atoms with Crippen LogP contribution in [-0.2, 0) is 19.6 Å². The number of nitrogens with one attached hydrogen (secondary N) is 1. The number of rotatable bonds is 9. The number of hydrogen-bond acceptors (Lipinski definition) is 6. The van der Waals surface area contributed by atoms with Gasteiger partial charge in [0.15, 0.2) is 6.61 Å². The summed E-state index contributed by atoms with van der Waals surface area (Å²) in [7, 11) is -3.89. The number of terminal acetylenes is 1. The molecule has 2 aromatic carbocycles. The molecular formula is C21H18ClN3O5S. The topological polar surface area (TPSA) is 117 Å². The summed E-state index contributed by atoms with van der Waals surface area (Å²) in [6.07, 6.45) is 5.12. The van der Waals surface area contributed by atoms with Crippen molar-refractivity contribution in [3.05, 3.63) is 59.1 Å². The van der Waals surface area contributed by atoms with Crippen LogP contribution in [0.4, 0.5) is 5.69 Å². The van der Waals surface area contributed by atoms with Crippen molar-refractivity contribution in [3.8, 4) is 18.4 Å². The van der Waals surface area contributed by atoms with Crippen molar-refractivity contribution in [1.29, 1.82) is 5.26 Å². The highest BCUT2D eigenvalue weighted by molar-refractivity contribution is 7.89. The molecule has 0 radical (unpaired) electrons. The molecule has 2 aromatic rings. The van der Waals surface area contributed by atoms with Crippen molar-refractivity contribution >= 4 is 39.2 Å². The predicted octanol–water partition coefficient (Wildman–Crippen LogP) is 2.36. The van der Waals surface area contributed by atoms with Crippen molar-refractivity contribution in [2.45, 2.75) is 11.3 Å². The van der Waals surface area contributed by atoms with E-state index in [1.807, 2.05) is 6.07 Å². The first-order chi connectivity index (χ1) is 14.8. The van der Waals surface area contributed by atoms with Crippen molar-refractivity contribution in [2.75, 3.05) is 24.6 Å². The number of nitriles is 1. The van der Waals surface area contributed by atoms with Gasteiger partial charge in [-0.25, -0.2) is 13.2 Å². The van der Waals surface area contributed by atoms with Gasteiger partial charge in [-0.1, -0.05) is 29.7 Å². The van der Waals surface area contributed by atoms with E-state index in [9.17, 15) is 18.0 Å². The van der Waals surface area contributed by atoms with E-state index in [1.54, 1.807) is 24.3 Å². The molecule has 1 N–H and O–H groups in total. The van der Waals surface area contributed by atoms with Gasteiger partial charge >= 0.3 is 5.97 Å². The SMILES string of the molecule is C#CCNS(=O)(=O)c1cccc(C(=O)OCC(=O)N(CCC#N)c2cccc(Cl)c2)c1. The number of nitrogens with zero attached hydrogens (tertiary/aromatic N) is 2. The molecule has 0 fully saturated rings. The molecule has 10 heteroatoms. The minimum Gasteiger partial charge on any atom is -0.452 e. The van der Waals surface area contributed by atoms with Crippen molar-refractivity contribution in [2.24, 2.45) is 0 Å². The molecule has 1 amide bonds. The van der Waals surface area contributed by atoms with Crippen LogP contribution in [0.2, 0.25) is 5.02 Å². The van der Waals surface area contributed by atoms with Crippen LogP contribution in [0, 0.1) is 23.7 Å². The molecule has 8 nitrogen and oxygen atoms in total. The lowest BCUT2D eigenvalue weighted by Gasteiger charge is -2.21. The van der Waals surface area contributed by atoms with Crippen molar-refractivity contribution in [1.82, 2.24) is 4.72 Å². The summed E-state index contributed by atoms with van der Waals surface area (Å²) >= 11 is 5.97. The molecule has 0 saturated carbocycles. The maximum atomic E-state index is 12.6. The Morgan fingerprint density at radius 3 is 2.61 bits per heavy atom. The molecule has 0 atom stereocenters. The Bertz CT molecular complexity index is 1150. The summed E-state index contributed by atoms with van der Waals surface area (Å²) in [5.74, 6) is 0.708. The van der Waals surface area contributed by atoms with Crippen LogP contribution in [0.25, 0.3) is 0 Å². The monoisotopic (exact) mass is 459 g/mol. The lowest BCUT2D eigenvalue weighted by molar-refractivity contribution is -0.121. The number of halogens is 1. The van der Waals surface area contributed by atoms with E-state index in [2.05, 4.69) is 10.6 Å². The smallest absolute Gasteiger partial charge is 0.338 e. The van der Waals surface area contributed by atoms with E-state index < -0.39 is 28.5 Å². The van der Waals surface area contributed by atoms with Gasteiger partial charge in [0.25, 0.3) is 5.91 Å². The van der Waals surface area contributed by atoms with Gasteiger partial charge in [-0.05, 0) is 36.4 Å². The fourth-order valence-corrected chi connectivity index (χ4v) is 3.67. The maximum Gasteiger partial charge on any atom is 0.338 e. The van der Waals surface area contributed by atoms with Gasteiger partial charge in [0.1, 0.15) is 0 Å². The van der Waals surface area contributed by atoms with Crippen LogP contribution in [0.5, 0.6) is 0 Å². The van der Waals surface area contributed by atoms with Gasteiger partial charge in [-0.15, -0.1) is 6.42 Å². The van der Waals surface area contributed by atoms with Gasteiger partial charge in [0.05, 0.1) is 29.5 Å². The number of carbonyl (C=O) groups is 2. The zero-order chi connectivity index (χ0) is 22.9. The highest BCUT2D eigenvalue weighted by Crippen LogP contribution is 2.20. The third kappa shape index (κ3) is 6.83. The molecule has 0 heterocycles. The van der Waals surface area contributed by atoms with Gasteiger partial charge in [0.2, 0.25) is 10.0 Å². The van der Waals surface area contributed by atoms with Crippen LogP contribution in [0.1, 0.15) is 16.8 Å². The number of sulfonamides is 1. The Morgan fingerprint density at radius 1 is 1.19 bits per heavy atom. The number of hydrogen-bond donors (Lipinski definition) is 1. The Kier molecular flexibility index (Phi) is 8.59. The normalized spacial score (nSPS) is 10.5. The molecule has 0 aliphatic rings. The van der Waals surface area contributed by atoms with Crippen LogP contribution < -0.4 is 9.62 Å². The molecule has 0 bridgehead atoms. The van der Waals surface area contributed by atoms with Crippen LogP contribution in [0.3, 0.4) is 0 Å². The van der Waals surface area contributed by atoms with E-state index in [1.165, 1.54) is 23.1 Å². The van der Waals surface area contributed by atoms with Crippen LogP contribution in [-0.4, -0.2) is 40.0 Å². The molecule has 160 valence electrons. The fourth-order valence-electron chi connectivity index (χ4n) is 2.50. The summed E-state index contributed by atoms with van der Waals surface area (Å²) in [6.45, 7) is -0.724. The van der Waals surface area contributed by atoms with Crippen LogP contribution in [0.15, 0.2) is 53.4 Å². The number of amides is 1. The lowest BCUT2D eigenvalue weighted by atomic mass is 10.2. The molecule has 31 heavy (non-hydrogen) atoms. The van der Waals surface area contributed by atoms with E-state index in [4.69, 9.17) is 28.0 Å². The molecule has 0 aromatic heterocycles. The van der Waals surface area contributed by atoms with E-state index >= 15 is 0 Å². The van der Waals surface area contributed by atoms with E-state index in [0.717, 1.165) is 6.07 Å². The van der Waals surface area contributed by atoms with Crippen molar-refractivity contribution in [3.63, 3.8) is 0 Å². The fraction of sp³-hybridized carbons (Fsp3) is 0.190. The summed E-state index contributed by atoms with van der Waals surface area (Å²) in [4.78, 5) is 26.1. The van der Waals surface area contributed by atoms with E-state index in [0.29, 0.717) is 10.7 Å². The molecular weight excluding hydrogens is 442 g/mol. The van der Waals surface area contributed by atoms with Gasteiger partial charge < -0.3 is 9.64 Å². The minimum atomic E-state index is -3.89. The predicted molar refractivity (Wildman–Crippen MR) is 115 cm³/mol. The minimum absolute atomic E-state index is 0.0530. The van der Waals surface area contributed by atoms with Crippen LogP contribution >= 0.6 is 11.6 Å². The third-order valence-corrected chi connectivity index (χ3v) is 5.57. The Labute approximate surface area is 185 Å². The second kappa shape index (κ2) is 11.1. The maximum absolute atomic E-state index is 12.6. The molecule has 0 aliphatic heterocycles. The summed E-state index contributed by atoms with van der Waals surface area (Å²) in [5, 5.41) is 9.25. The molecule has 2 rings (SSSR count). The highest BCUT2D eigenvalue weighted by atomic mass is 35.5. The first-order valence-corrected chi connectivity index (χ1v) is 10.8.